The van der Waals surface area contributed by atoms with Crippen molar-refractivity contribution in [2.45, 2.75) is 39.5 Å². The molecule has 2 atom stereocenters. The summed E-state index contributed by atoms with van der Waals surface area (Å²) in [7, 11) is 0. The van der Waals surface area contributed by atoms with Gasteiger partial charge in [-0.2, -0.15) is 0 Å². The molecular formula is C17H25NO. The van der Waals surface area contributed by atoms with Crippen LogP contribution in [-0.2, 0) is 4.79 Å². The highest BCUT2D eigenvalue weighted by Crippen LogP contribution is 2.30. The number of carbonyl (C=O) groups is 1. The fourth-order valence-corrected chi connectivity index (χ4v) is 3.07. The minimum absolute atomic E-state index is 0.235. The average Bonchev–Trinajstić information content (AvgIpc) is 2.47. The molecule has 0 spiro atoms. The maximum atomic E-state index is 12.1. The highest BCUT2D eigenvalue weighted by atomic mass is 16.1. The second kappa shape index (κ2) is 6.74. The topological polar surface area (TPSA) is 20.3 Å². The van der Waals surface area contributed by atoms with Crippen molar-refractivity contribution in [1.29, 1.82) is 0 Å². The first-order valence-electron chi connectivity index (χ1n) is 7.57. The van der Waals surface area contributed by atoms with Crippen LogP contribution in [0.1, 0.15) is 39.5 Å². The van der Waals surface area contributed by atoms with E-state index in [1.165, 1.54) is 12.1 Å². The zero-order valence-electron chi connectivity index (χ0n) is 12.1. The van der Waals surface area contributed by atoms with Gasteiger partial charge in [0, 0.05) is 31.1 Å². The Bertz CT molecular complexity index is 401. The SMILES string of the molecule is CCC1CCC(=O)C(CN(CC)c2ccccc2)C1. The Labute approximate surface area is 116 Å². The van der Waals surface area contributed by atoms with Gasteiger partial charge in [0.25, 0.3) is 0 Å². The van der Waals surface area contributed by atoms with Crippen LogP contribution in [0.2, 0.25) is 0 Å². The van der Waals surface area contributed by atoms with E-state index in [1.807, 2.05) is 6.07 Å². The molecular weight excluding hydrogens is 234 g/mol. The molecule has 1 fully saturated rings. The van der Waals surface area contributed by atoms with Crippen molar-refractivity contribution in [3.8, 4) is 0 Å². The van der Waals surface area contributed by atoms with Crippen molar-refractivity contribution in [3.63, 3.8) is 0 Å². The molecule has 0 amide bonds. The van der Waals surface area contributed by atoms with E-state index < -0.39 is 0 Å². The number of hydrogen-bond acceptors (Lipinski definition) is 2. The summed E-state index contributed by atoms with van der Waals surface area (Å²) < 4.78 is 0. The summed E-state index contributed by atoms with van der Waals surface area (Å²) in [6.07, 6.45) is 4.18. The number of ketones is 1. The number of Topliss-reactive ketones (excluding diaryl/α,β-unsaturated/α-hetero) is 1. The normalized spacial score (nSPS) is 23.4. The first kappa shape index (κ1) is 14.1. The van der Waals surface area contributed by atoms with Crippen molar-refractivity contribution < 1.29 is 4.79 Å². The van der Waals surface area contributed by atoms with Crippen LogP contribution in [0, 0.1) is 11.8 Å². The summed E-state index contributed by atoms with van der Waals surface area (Å²) >= 11 is 0. The van der Waals surface area contributed by atoms with E-state index >= 15 is 0 Å². The number of rotatable bonds is 5. The zero-order chi connectivity index (χ0) is 13.7. The predicted octanol–water partition coefficient (Wildman–Crippen LogP) is 3.91. The van der Waals surface area contributed by atoms with Gasteiger partial charge in [-0.3, -0.25) is 4.79 Å². The lowest BCUT2D eigenvalue weighted by Crippen LogP contribution is -2.36. The van der Waals surface area contributed by atoms with Crippen LogP contribution in [0.25, 0.3) is 0 Å². The summed E-state index contributed by atoms with van der Waals surface area (Å²) in [5.41, 5.74) is 1.23. The van der Waals surface area contributed by atoms with Crippen LogP contribution in [-0.4, -0.2) is 18.9 Å². The average molecular weight is 259 g/mol. The molecule has 0 N–H and O–H groups in total. The Balaban J connectivity index is 2.03. The third kappa shape index (κ3) is 3.59. The molecule has 1 aromatic carbocycles. The molecule has 2 unspecified atom stereocenters. The lowest BCUT2D eigenvalue weighted by atomic mass is 9.79. The molecule has 0 saturated heterocycles. The monoisotopic (exact) mass is 259 g/mol. The van der Waals surface area contributed by atoms with Crippen molar-refractivity contribution in [1.82, 2.24) is 0 Å². The summed E-state index contributed by atoms with van der Waals surface area (Å²) in [5, 5.41) is 0. The Morgan fingerprint density at radius 1 is 1.21 bits per heavy atom. The summed E-state index contributed by atoms with van der Waals surface area (Å²) in [6.45, 7) is 6.25. The van der Waals surface area contributed by atoms with Crippen molar-refractivity contribution in [3.05, 3.63) is 30.3 Å². The fourth-order valence-electron chi connectivity index (χ4n) is 3.07. The number of anilines is 1. The summed E-state index contributed by atoms with van der Waals surface area (Å²) in [5.74, 6) is 1.45. The van der Waals surface area contributed by atoms with E-state index in [4.69, 9.17) is 0 Å². The molecule has 104 valence electrons. The number of hydrogen-bond donors (Lipinski definition) is 0. The van der Waals surface area contributed by atoms with Gasteiger partial charge in [0.2, 0.25) is 0 Å². The summed E-state index contributed by atoms with van der Waals surface area (Å²) in [6, 6.07) is 10.4. The molecule has 2 heteroatoms. The molecule has 0 heterocycles. The van der Waals surface area contributed by atoms with E-state index in [0.717, 1.165) is 38.3 Å². The van der Waals surface area contributed by atoms with Crippen LogP contribution < -0.4 is 4.90 Å². The quantitative estimate of drug-likeness (QED) is 0.799. The van der Waals surface area contributed by atoms with Gasteiger partial charge in [0.1, 0.15) is 5.78 Å². The minimum atomic E-state index is 0.235. The molecule has 0 aromatic heterocycles. The van der Waals surface area contributed by atoms with Crippen molar-refractivity contribution in [2.24, 2.45) is 11.8 Å². The maximum Gasteiger partial charge on any atom is 0.137 e. The molecule has 1 saturated carbocycles. The molecule has 0 aliphatic heterocycles. The van der Waals surface area contributed by atoms with Gasteiger partial charge in [0.15, 0.2) is 0 Å². The molecule has 2 nitrogen and oxygen atoms in total. The molecule has 1 aromatic rings. The Kier molecular flexibility index (Phi) is 5.00. The van der Waals surface area contributed by atoms with E-state index in [1.54, 1.807) is 0 Å². The number of para-hydroxylation sites is 1. The molecule has 2 rings (SSSR count). The first-order chi connectivity index (χ1) is 9.24. The fraction of sp³-hybridized carbons (Fsp3) is 0.588. The van der Waals surface area contributed by atoms with Gasteiger partial charge >= 0.3 is 0 Å². The number of benzene rings is 1. The Hall–Kier alpha value is -1.31. The molecule has 0 radical (unpaired) electrons. The molecule has 1 aliphatic rings. The largest absolute Gasteiger partial charge is 0.371 e. The van der Waals surface area contributed by atoms with Gasteiger partial charge in [0.05, 0.1) is 0 Å². The van der Waals surface area contributed by atoms with Gasteiger partial charge in [-0.15, -0.1) is 0 Å². The van der Waals surface area contributed by atoms with Crippen LogP contribution >= 0.6 is 0 Å². The van der Waals surface area contributed by atoms with E-state index in [0.29, 0.717) is 5.78 Å². The predicted molar refractivity (Wildman–Crippen MR) is 80.5 cm³/mol. The van der Waals surface area contributed by atoms with Gasteiger partial charge in [-0.05, 0) is 37.8 Å². The molecule has 1 aliphatic carbocycles. The van der Waals surface area contributed by atoms with Gasteiger partial charge in [-0.1, -0.05) is 31.5 Å². The lowest BCUT2D eigenvalue weighted by molar-refractivity contribution is -0.125. The van der Waals surface area contributed by atoms with E-state index in [-0.39, 0.29) is 5.92 Å². The van der Waals surface area contributed by atoms with E-state index in [9.17, 15) is 4.79 Å². The van der Waals surface area contributed by atoms with Crippen LogP contribution in [0.15, 0.2) is 30.3 Å². The van der Waals surface area contributed by atoms with Crippen molar-refractivity contribution >= 4 is 11.5 Å². The number of carbonyl (C=O) groups excluding carboxylic acids is 1. The summed E-state index contributed by atoms with van der Waals surface area (Å²) in [4.78, 5) is 14.4. The van der Waals surface area contributed by atoms with Gasteiger partial charge in [-0.25, -0.2) is 0 Å². The third-order valence-electron chi connectivity index (χ3n) is 4.39. The second-order valence-corrected chi connectivity index (χ2v) is 5.59. The Morgan fingerprint density at radius 2 is 1.95 bits per heavy atom. The smallest absolute Gasteiger partial charge is 0.137 e. The second-order valence-electron chi connectivity index (χ2n) is 5.59. The minimum Gasteiger partial charge on any atom is -0.371 e. The Morgan fingerprint density at radius 3 is 2.58 bits per heavy atom. The zero-order valence-corrected chi connectivity index (χ0v) is 12.1. The van der Waals surface area contributed by atoms with E-state index in [2.05, 4.69) is 43.0 Å². The van der Waals surface area contributed by atoms with Gasteiger partial charge < -0.3 is 4.90 Å². The standard InChI is InChI=1S/C17H25NO/c1-3-14-10-11-17(19)15(12-14)13-18(4-2)16-8-6-5-7-9-16/h5-9,14-15H,3-4,10-13H2,1-2H3. The van der Waals surface area contributed by atoms with Crippen LogP contribution in [0.5, 0.6) is 0 Å². The highest BCUT2D eigenvalue weighted by Gasteiger charge is 2.29. The first-order valence-corrected chi connectivity index (χ1v) is 7.57. The third-order valence-corrected chi connectivity index (χ3v) is 4.39. The van der Waals surface area contributed by atoms with Crippen molar-refractivity contribution in [2.75, 3.05) is 18.0 Å². The maximum absolute atomic E-state index is 12.1. The lowest BCUT2D eigenvalue weighted by Gasteiger charge is -2.32. The van der Waals surface area contributed by atoms with Crippen LogP contribution in [0.3, 0.4) is 0 Å². The molecule has 19 heavy (non-hydrogen) atoms. The highest BCUT2D eigenvalue weighted by molar-refractivity contribution is 5.82. The van der Waals surface area contributed by atoms with Crippen LogP contribution in [0.4, 0.5) is 5.69 Å². The number of nitrogens with zero attached hydrogens (tertiary/aromatic N) is 1. The molecule has 0 bridgehead atoms.